The van der Waals surface area contributed by atoms with Crippen LogP contribution < -0.4 is 0 Å². The summed E-state index contributed by atoms with van der Waals surface area (Å²) in [5.74, 6) is -0.279. The average Bonchev–Trinajstić information content (AvgIpc) is 2.15. The van der Waals surface area contributed by atoms with Crippen LogP contribution in [0.1, 0.15) is 55.4 Å². The molecule has 0 aromatic rings. The van der Waals surface area contributed by atoms with Crippen LogP contribution in [-0.2, 0) is 4.79 Å². The summed E-state index contributed by atoms with van der Waals surface area (Å²) in [7, 11) is 0. The van der Waals surface area contributed by atoms with E-state index in [-0.39, 0.29) is 36.0 Å². The van der Waals surface area contributed by atoms with Crippen molar-refractivity contribution in [2.45, 2.75) is 73.5 Å². The minimum Gasteiger partial charge on any atom is -0.319 e. The molecular formula is C14H28N2O2. The van der Waals surface area contributed by atoms with Gasteiger partial charge in [0.15, 0.2) is 0 Å². The molecule has 0 aliphatic heterocycles. The summed E-state index contributed by atoms with van der Waals surface area (Å²) >= 11 is 0. The first kappa shape index (κ1) is 16.9. The number of rotatable bonds is 4. The highest BCUT2D eigenvalue weighted by Crippen LogP contribution is 2.15. The molecule has 3 amide bonds. The smallest absolute Gasteiger partial charge is 0.319 e. The first-order valence-corrected chi connectivity index (χ1v) is 6.76. The van der Waals surface area contributed by atoms with Crippen LogP contribution in [0.2, 0.25) is 0 Å². The van der Waals surface area contributed by atoms with Gasteiger partial charge < -0.3 is 4.90 Å². The van der Waals surface area contributed by atoms with E-state index in [0.717, 1.165) is 0 Å². The third kappa shape index (κ3) is 4.00. The van der Waals surface area contributed by atoms with Crippen LogP contribution in [0.15, 0.2) is 0 Å². The number of amides is 3. The van der Waals surface area contributed by atoms with Gasteiger partial charge in [0.2, 0.25) is 5.91 Å². The van der Waals surface area contributed by atoms with E-state index in [4.69, 9.17) is 0 Å². The van der Waals surface area contributed by atoms with Crippen LogP contribution in [0.5, 0.6) is 0 Å². The van der Waals surface area contributed by atoms with Crippen molar-refractivity contribution in [2.24, 2.45) is 5.92 Å². The number of hydrogen-bond acceptors (Lipinski definition) is 2. The zero-order valence-electron chi connectivity index (χ0n) is 13.0. The molecule has 106 valence electrons. The highest BCUT2D eigenvalue weighted by atomic mass is 16.2. The molecule has 0 atom stereocenters. The lowest BCUT2D eigenvalue weighted by atomic mass is 10.1. The zero-order valence-corrected chi connectivity index (χ0v) is 13.0. The first-order valence-electron chi connectivity index (χ1n) is 6.76. The molecule has 0 radical (unpaired) electrons. The van der Waals surface area contributed by atoms with E-state index in [9.17, 15) is 9.59 Å². The number of carbonyl (C=O) groups is 2. The van der Waals surface area contributed by atoms with Gasteiger partial charge in [-0.05, 0) is 41.5 Å². The van der Waals surface area contributed by atoms with Gasteiger partial charge in [0.25, 0.3) is 0 Å². The molecule has 0 heterocycles. The fourth-order valence-electron chi connectivity index (χ4n) is 2.01. The Hall–Kier alpha value is -1.06. The van der Waals surface area contributed by atoms with Gasteiger partial charge in [-0.25, -0.2) is 4.79 Å². The molecule has 0 unspecified atom stereocenters. The molecule has 4 nitrogen and oxygen atoms in total. The van der Waals surface area contributed by atoms with Crippen LogP contribution in [0.25, 0.3) is 0 Å². The number of hydrogen-bond donors (Lipinski definition) is 0. The Morgan fingerprint density at radius 1 is 0.722 bits per heavy atom. The third-order valence-electron chi connectivity index (χ3n) is 2.79. The molecule has 0 saturated carbocycles. The third-order valence-corrected chi connectivity index (χ3v) is 2.79. The van der Waals surface area contributed by atoms with Gasteiger partial charge in [-0.1, -0.05) is 13.8 Å². The van der Waals surface area contributed by atoms with Crippen molar-refractivity contribution in [1.82, 2.24) is 9.80 Å². The average molecular weight is 256 g/mol. The zero-order chi connectivity index (χ0) is 14.6. The van der Waals surface area contributed by atoms with E-state index in [0.29, 0.717) is 0 Å². The Morgan fingerprint density at radius 3 is 1.33 bits per heavy atom. The van der Waals surface area contributed by atoms with E-state index in [1.807, 2.05) is 55.4 Å². The quantitative estimate of drug-likeness (QED) is 0.775. The lowest BCUT2D eigenvalue weighted by Gasteiger charge is -2.37. The van der Waals surface area contributed by atoms with Gasteiger partial charge in [0.05, 0.1) is 0 Å². The van der Waals surface area contributed by atoms with Crippen LogP contribution in [0.3, 0.4) is 0 Å². The first-order chi connectivity index (χ1) is 8.11. The topological polar surface area (TPSA) is 40.6 Å². The molecular weight excluding hydrogens is 228 g/mol. The molecule has 0 aromatic carbocycles. The molecule has 0 aliphatic rings. The van der Waals surface area contributed by atoms with Crippen molar-refractivity contribution in [3.05, 3.63) is 0 Å². The Balaban J connectivity index is 5.25. The van der Waals surface area contributed by atoms with Crippen LogP contribution in [0.4, 0.5) is 4.79 Å². The molecule has 0 aliphatic carbocycles. The van der Waals surface area contributed by atoms with Gasteiger partial charge in [0.1, 0.15) is 0 Å². The van der Waals surface area contributed by atoms with Gasteiger partial charge in [0, 0.05) is 24.0 Å². The number of nitrogens with zero attached hydrogens (tertiary/aromatic N) is 2. The summed E-state index contributed by atoms with van der Waals surface area (Å²) in [5, 5.41) is 0. The maximum Gasteiger partial charge on any atom is 0.327 e. The van der Waals surface area contributed by atoms with E-state index in [1.54, 1.807) is 4.90 Å². The maximum atomic E-state index is 12.5. The fraction of sp³-hybridized carbons (Fsp3) is 0.857. The molecule has 0 N–H and O–H groups in total. The van der Waals surface area contributed by atoms with Crippen molar-refractivity contribution in [1.29, 1.82) is 0 Å². The number of carbonyl (C=O) groups excluding carboxylic acids is 2. The summed E-state index contributed by atoms with van der Waals surface area (Å²) in [6.07, 6.45) is 0. The second-order valence-electron chi connectivity index (χ2n) is 5.83. The predicted molar refractivity (Wildman–Crippen MR) is 74.3 cm³/mol. The van der Waals surface area contributed by atoms with Gasteiger partial charge >= 0.3 is 6.03 Å². The van der Waals surface area contributed by atoms with Crippen molar-refractivity contribution >= 4 is 11.9 Å². The van der Waals surface area contributed by atoms with Crippen molar-refractivity contribution in [3.63, 3.8) is 0 Å². The Bertz CT molecular complexity index is 288. The van der Waals surface area contributed by atoms with Gasteiger partial charge in [-0.3, -0.25) is 9.69 Å². The standard InChI is InChI=1S/C14H28N2O2/c1-9(2)13(17)16(12(7)8)14(18)15(10(3)4)11(5)6/h9-12H,1-8H3. The SMILES string of the molecule is CC(C)C(=O)N(C(=O)N(C(C)C)C(C)C)C(C)C. The van der Waals surface area contributed by atoms with Crippen molar-refractivity contribution < 1.29 is 9.59 Å². The maximum absolute atomic E-state index is 12.5. The molecule has 18 heavy (non-hydrogen) atoms. The number of urea groups is 1. The second-order valence-corrected chi connectivity index (χ2v) is 5.83. The summed E-state index contributed by atoms with van der Waals surface area (Å²) in [6.45, 7) is 15.3. The van der Waals surface area contributed by atoms with Crippen LogP contribution in [-0.4, -0.2) is 39.9 Å². The molecule has 0 fully saturated rings. The molecule has 0 aromatic heterocycles. The molecule has 4 heteroatoms. The van der Waals surface area contributed by atoms with Gasteiger partial charge in [-0.2, -0.15) is 0 Å². The Morgan fingerprint density at radius 2 is 1.11 bits per heavy atom. The summed E-state index contributed by atoms with van der Waals surface area (Å²) in [4.78, 5) is 27.8. The minimum atomic E-state index is -0.186. The highest BCUT2D eigenvalue weighted by molar-refractivity contribution is 5.95. The van der Waals surface area contributed by atoms with Crippen molar-refractivity contribution in [2.75, 3.05) is 0 Å². The minimum absolute atomic E-state index is 0.0821. The normalized spacial score (nSPS) is 11.6. The van der Waals surface area contributed by atoms with Crippen LogP contribution in [0, 0.1) is 5.92 Å². The summed E-state index contributed by atoms with van der Waals surface area (Å²) in [6, 6.07) is -0.140. The largest absolute Gasteiger partial charge is 0.327 e. The Labute approximate surface area is 111 Å². The fourth-order valence-corrected chi connectivity index (χ4v) is 2.01. The monoisotopic (exact) mass is 256 g/mol. The Kier molecular flexibility index (Phi) is 6.36. The van der Waals surface area contributed by atoms with E-state index in [2.05, 4.69) is 0 Å². The van der Waals surface area contributed by atoms with Crippen LogP contribution >= 0.6 is 0 Å². The highest BCUT2D eigenvalue weighted by Gasteiger charge is 2.32. The predicted octanol–water partition coefficient (Wildman–Crippen LogP) is 3.12. The van der Waals surface area contributed by atoms with E-state index < -0.39 is 0 Å². The lowest BCUT2D eigenvalue weighted by Crippen LogP contribution is -2.54. The van der Waals surface area contributed by atoms with Crippen molar-refractivity contribution in [3.8, 4) is 0 Å². The summed E-state index contributed by atoms with van der Waals surface area (Å²) in [5.41, 5.74) is 0. The number of imide groups is 1. The van der Waals surface area contributed by atoms with E-state index in [1.165, 1.54) is 4.90 Å². The molecule has 0 rings (SSSR count). The van der Waals surface area contributed by atoms with Gasteiger partial charge in [-0.15, -0.1) is 0 Å². The van der Waals surface area contributed by atoms with E-state index >= 15 is 0 Å². The lowest BCUT2D eigenvalue weighted by molar-refractivity contribution is -0.133. The molecule has 0 saturated heterocycles. The molecule has 0 spiro atoms. The molecule has 0 bridgehead atoms. The second kappa shape index (κ2) is 6.76. The summed E-state index contributed by atoms with van der Waals surface area (Å²) < 4.78 is 0.